The second kappa shape index (κ2) is 8.95. The van der Waals surface area contributed by atoms with Gasteiger partial charge in [0, 0.05) is 19.3 Å². The number of rotatable bonds is 8. The average Bonchev–Trinajstić information content (AvgIpc) is 2.68. The van der Waals surface area contributed by atoms with Crippen molar-refractivity contribution in [2.45, 2.75) is 24.7 Å². The first-order chi connectivity index (χ1) is 14.0. The lowest BCUT2D eigenvalue weighted by molar-refractivity contribution is -0.395. The summed E-state index contributed by atoms with van der Waals surface area (Å²) < 4.78 is 23.4. The Morgan fingerprint density at radius 2 is 1.67 bits per heavy atom. The number of amides is 1. The highest BCUT2D eigenvalue weighted by Crippen LogP contribution is 2.34. The van der Waals surface area contributed by atoms with Crippen LogP contribution in [-0.4, -0.2) is 53.4 Å². The summed E-state index contributed by atoms with van der Waals surface area (Å²) in [5.41, 5.74) is -1.22. The number of nitro groups is 2. The van der Waals surface area contributed by atoms with Gasteiger partial charge in [-0.2, -0.15) is 0 Å². The molecule has 0 aliphatic heterocycles. The molecule has 11 nitrogen and oxygen atoms in total. The molecule has 1 atom stereocenters. The van der Waals surface area contributed by atoms with E-state index in [9.17, 15) is 33.4 Å². The minimum Gasteiger partial charge on any atom is -0.342 e. The largest absolute Gasteiger partial charge is 0.342 e. The lowest BCUT2D eigenvalue weighted by Crippen LogP contribution is -2.36. The monoisotopic (exact) mass is 436 g/mol. The van der Waals surface area contributed by atoms with Crippen LogP contribution in [-0.2, 0) is 14.6 Å². The van der Waals surface area contributed by atoms with Crippen molar-refractivity contribution in [1.82, 2.24) is 9.88 Å². The fraction of sp³-hybridized carbons (Fsp3) is 0.333. The molecule has 1 amide bonds. The van der Waals surface area contributed by atoms with Gasteiger partial charge in [0.15, 0.2) is 9.84 Å². The van der Waals surface area contributed by atoms with E-state index in [0.717, 1.165) is 18.5 Å². The Morgan fingerprint density at radius 1 is 1.10 bits per heavy atom. The summed E-state index contributed by atoms with van der Waals surface area (Å²) in [7, 11) is -3.49. The van der Waals surface area contributed by atoms with Gasteiger partial charge >= 0.3 is 0 Å². The number of hydrogen-bond donors (Lipinski definition) is 0. The highest BCUT2D eigenvalue weighted by atomic mass is 32.2. The van der Waals surface area contributed by atoms with Crippen LogP contribution in [0.15, 0.2) is 41.4 Å². The molecule has 1 aromatic carbocycles. The molecule has 1 unspecified atom stereocenters. The second-order valence-electron chi connectivity index (χ2n) is 6.40. The second-order valence-corrected chi connectivity index (χ2v) is 8.41. The van der Waals surface area contributed by atoms with Crippen molar-refractivity contribution in [2.75, 3.05) is 19.3 Å². The number of aromatic nitrogens is 1. The molecular weight excluding hydrogens is 416 g/mol. The molecular formula is C18H20N4O7S. The number of hydrogen-bond acceptors (Lipinski definition) is 8. The maximum atomic E-state index is 13.2. The minimum absolute atomic E-state index is 0.0199. The molecule has 0 bridgehead atoms. The molecule has 0 N–H and O–H groups in total. The van der Waals surface area contributed by atoms with Gasteiger partial charge in [-0.15, -0.1) is 0 Å². The fourth-order valence-electron chi connectivity index (χ4n) is 2.96. The number of benzene rings is 1. The molecule has 0 spiro atoms. The Labute approximate surface area is 172 Å². The molecule has 0 radical (unpaired) electrons. The zero-order chi connectivity index (χ0) is 22.6. The van der Waals surface area contributed by atoms with Crippen LogP contribution >= 0.6 is 0 Å². The smallest absolute Gasteiger partial charge is 0.298 e. The van der Waals surface area contributed by atoms with Gasteiger partial charge in [0.2, 0.25) is 5.91 Å². The Hall–Kier alpha value is -3.41. The van der Waals surface area contributed by atoms with Crippen molar-refractivity contribution in [3.05, 3.63) is 68.0 Å². The van der Waals surface area contributed by atoms with Crippen molar-refractivity contribution in [3.8, 4) is 0 Å². The lowest BCUT2D eigenvalue weighted by Gasteiger charge is -2.25. The van der Waals surface area contributed by atoms with E-state index in [4.69, 9.17) is 0 Å². The Morgan fingerprint density at radius 3 is 2.10 bits per heavy atom. The summed E-state index contributed by atoms with van der Waals surface area (Å²) in [6.45, 7) is 4.13. The predicted octanol–water partition coefficient (Wildman–Crippen LogP) is 2.30. The van der Waals surface area contributed by atoms with Crippen LogP contribution in [0.4, 0.5) is 11.4 Å². The summed E-state index contributed by atoms with van der Waals surface area (Å²) >= 11 is 0. The van der Waals surface area contributed by atoms with Crippen LogP contribution in [0.2, 0.25) is 0 Å². The topological polar surface area (TPSA) is 154 Å². The standard InChI is InChI=1S/C18H20N4O7S/c1-4-20(5-2)18(23)16(12-6-8-14(9-7-12)30(3,28)29)17-15(22(26)27)10-13(11-19-17)21(24)25/h6-11,16H,4-5H2,1-3H3. The maximum Gasteiger partial charge on any atom is 0.298 e. The van der Waals surface area contributed by atoms with Crippen molar-refractivity contribution in [1.29, 1.82) is 0 Å². The molecule has 0 aliphatic carbocycles. The quantitative estimate of drug-likeness (QED) is 0.451. The molecule has 0 fully saturated rings. The van der Waals surface area contributed by atoms with Crippen molar-refractivity contribution in [2.24, 2.45) is 0 Å². The van der Waals surface area contributed by atoms with Crippen LogP contribution in [0.5, 0.6) is 0 Å². The molecule has 2 rings (SSSR count). The third-order valence-corrected chi connectivity index (χ3v) is 5.66. The molecule has 12 heteroatoms. The highest BCUT2D eigenvalue weighted by molar-refractivity contribution is 7.90. The minimum atomic E-state index is -3.49. The number of nitrogens with zero attached hydrogens (tertiary/aromatic N) is 4. The van der Waals surface area contributed by atoms with Crippen molar-refractivity contribution < 1.29 is 23.1 Å². The number of pyridine rings is 1. The molecule has 0 aliphatic rings. The van der Waals surface area contributed by atoms with E-state index >= 15 is 0 Å². The van der Waals surface area contributed by atoms with E-state index in [1.54, 1.807) is 13.8 Å². The van der Waals surface area contributed by atoms with Gasteiger partial charge in [-0.05, 0) is 31.5 Å². The van der Waals surface area contributed by atoms with E-state index in [-0.39, 0.29) is 16.2 Å². The van der Waals surface area contributed by atoms with Crippen LogP contribution in [0, 0.1) is 20.2 Å². The molecule has 30 heavy (non-hydrogen) atoms. The molecule has 0 saturated carbocycles. The van der Waals surface area contributed by atoms with Gasteiger partial charge < -0.3 is 4.90 Å². The zero-order valence-electron chi connectivity index (χ0n) is 16.5. The Bertz CT molecular complexity index is 1080. The first-order valence-corrected chi connectivity index (χ1v) is 10.8. The van der Waals surface area contributed by atoms with Crippen molar-refractivity contribution in [3.63, 3.8) is 0 Å². The third kappa shape index (κ3) is 4.76. The average molecular weight is 436 g/mol. The maximum absolute atomic E-state index is 13.2. The van der Waals surface area contributed by atoms with Crippen LogP contribution in [0.3, 0.4) is 0 Å². The number of sulfone groups is 1. The zero-order valence-corrected chi connectivity index (χ0v) is 17.3. The highest BCUT2D eigenvalue weighted by Gasteiger charge is 2.35. The van der Waals surface area contributed by atoms with Gasteiger partial charge in [-0.3, -0.25) is 25.0 Å². The molecule has 1 heterocycles. The normalized spacial score (nSPS) is 12.2. The molecule has 2 aromatic rings. The van der Waals surface area contributed by atoms with Crippen LogP contribution < -0.4 is 0 Å². The summed E-state index contributed by atoms with van der Waals surface area (Å²) in [5, 5.41) is 22.6. The van der Waals surface area contributed by atoms with Gasteiger partial charge in [-0.25, -0.2) is 13.4 Å². The number of carbonyl (C=O) groups is 1. The van der Waals surface area contributed by atoms with E-state index in [1.807, 2.05) is 0 Å². The van der Waals surface area contributed by atoms with E-state index < -0.39 is 42.9 Å². The van der Waals surface area contributed by atoms with Crippen LogP contribution in [0.1, 0.15) is 31.0 Å². The Balaban J connectivity index is 2.73. The molecule has 160 valence electrons. The first kappa shape index (κ1) is 22.9. The lowest BCUT2D eigenvalue weighted by atomic mass is 9.92. The van der Waals surface area contributed by atoms with E-state index in [1.165, 1.54) is 29.2 Å². The summed E-state index contributed by atoms with van der Waals surface area (Å²) in [4.78, 5) is 39.5. The summed E-state index contributed by atoms with van der Waals surface area (Å²) in [5.74, 6) is -1.73. The number of likely N-dealkylation sites (N-methyl/N-ethyl adjacent to an activating group) is 1. The van der Waals surface area contributed by atoms with Gasteiger partial charge in [0.05, 0.1) is 20.8 Å². The van der Waals surface area contributed by atoms with Gasteiger partial charge in [-0.1, -0.05) is 12.1 Å². The summed E-state index contributed by atoms with van der Waals surface area (Å²) in [6, 6.07) is 6.12. The predicted molar refractivity (Wildman–Crippen MR) is 107 cm³/mol. The van der Waals surface area contributed by atoms with Gasteiger partial charge in [0.25, 0.3) is 11.4 Å². The van der Waals surface area contributed by atoms with E-state index in [0.29, 0.717) is 13.1 Å². The third-order valence-electron chi connectivity index (χ3n) is 4.53. The Kier molecular flexibility index (Phi) is 6.82. The summed E-state index contributed by atoms with van der Waals surface area (Å²) in [6.07, 6.45) is 1.89. The van der Waals surface area contributed by atoms with E-state index in [2.05, 4.69) is 4.98 Å². The first-order valence-electron chi connectivity index (χ1n) is 8.88. The van der Waals surface area contributed by atoms with Crippen molar-refractivity contribution >= 4 is 27.1 Å². The molecule has 1 aromatic heterocycles. The van der Waals surface area contributed by atoms with Crippen LogP contribution in [0.25, 0.3) is 0 Å². The van der Waals surface area contributed by atoms with Gasteiger partial charge in [0.1, 0.15) is 17.8 Å². The SMILES string of the molecule is CCN(CC)C(=O)C(c1ccc(S(C)(=O)=O)cc1)c1ncc([N+](=O)[O-])cc1[N+](=O)[O-]. The fourth-order valence-corrected chi connectivity index (χ4v) is 3.59. The number of carbonyl (C=O) groups excluding carboxylic acids is 1. The molecule has 0 saturated heterocycles.